The topological polar surface area (TPSA) is 38.9 Å². The molecule has 3 heteroatoms. The molecule has 0 spiro atoms. The maximum absolute atomic E-state index is 6.16. The molecule has 0 aliphatic rings. The van der Waals surface area contributed by atoms with Gasteiger partial charge >= 0.3 is 0 Å². The van der Waals surface area contributed by atoms with Gasteiger partial charge in [0.15, 0.2) is 0 Å². The van der Waals surface area contributed by atoms with Crippen LogP contribution >= 0.6 is 0 Å². The number of rotatable bonds is 1. The Bertz CT molecular complexity index is 1620. The molecule has 0 atom stereocenters. The van der Waals surface area contributed by atoms with Gasteiger partial charge in [-0.05, 0) is 50.7 Å². The predicted octanol–water partition coefficient (Wildman–Crippen LogP) is 7.65. The van der Waals surface area contributed by atoms with Crippen molar-refractivity contribution in [3.63, 3.8) is 0 Å². The highest BCUT2D eigenvalue weighted by atomic mass is 16.3. The minimum absolute atomic E-state index is 0.00687. The molecule has 0 bridgehead atoms. The number of nitrogens with zero attached hydrogens (tertiary/aromatic N) is 2. The zero-order valence-corrected chi connectivity index (χ0v) is 17.8. The fourth-order valence-electron chi connectivity index (χ4n) is 4.66. The van der Waals surface area contributed by atoms with Crippen LogP contribution in [0.3, 0.4) is 0 Å². The zero-order valence-electron chi connectivity index (χ0n) is 17.8. The second kappa shape index (κ2) is 6.39. The summed E-state index contributed by atoms with van der Waals surface area (Å²) in [6.07, 6.45) is 1.61. The zero-order chi connectivity index (χ0) is 21.2. The highest BCUT2D eigenvalue weighted by Crippen LogP contribution is 2.40. The summed E-state index contributed by atoms with van der Waals surface area (Å²) < 4.78 is 6.16. The van der Waals surface area contributed by atoms with Crippen LogP contribution in [0.25, 0.3) is 54.9 Å². The molecule has 0 unspecified atom stereocenters. The van der Waals surface area contributed by atoms with E-state index in [0.29, 0.717) is 5.71 Å². The summed E-state index contributed by atoms with van der Waals surface area (Å²) in [7, 11) is 0. The monoisotopic (exact) mass is 402 g/mol. The second-order valence-electron chi connectivity index (χ2n) is 9.16. The lowest BCUT2D eigenvalue weighted by Gasteiger charge is -2.22. The SMILES string of the molecule is CC(C)(C)c1cc(-c2ncnc3oc4ccc5ccccc5c4c23)cc2ccccc12. The molecule has 31 heavy (non-hydrogen) atoms. The molecule has 0 saturated heterocycles. The molecule has 0 saturated carbocycles. The number of fused-ring (bicyclic) bond motifs is 6. The van der Waals surface area contributed by atoms with Gasteiger partial charge in [0, 0.05) is 10.9 Å². The van der Waals surface area contributed by atoms with Crippen LogP contribution in [0.5, 0.6) is 0 Å². The largest absolute Gasteiger partial charge is 0.438 e. The second-order valence-corrected chi connectivity index (χ2v) is 9.16. The smallest absolute Gasteiger partial charge is 0.231 e. The van der Waals surface area contributed by atoms with E-state index in [4.69, 9.17) is 9.40 Å². The summed E-state index contributed by atoms with van der Waals surface area (Å²) in [6, 6.07) is 25.6. The van der Waals surface area contributed by atoms with E-state index >= 15 is 0 Å². The summed E-state index contributed by atoms with van der Waals surface area (Å²) in [6.45, 7) is 6.78. The van der Waals surface area contributed by atoms with Crippen LogP contribution in [-0.2, 0) is 5.41 Å². The van der Waals surface area contributed by atoms with Gasteiger partial charge in [0.05, 0.1) is 11.1 Å². The van der Waals surface area contributed by atoms with Crippen LogP contribution in [-0.4, -0.2) is 9.97 Å². The third kappa shape index (κ3) is 2.73. The van der Waals surface area contributed by atoms with E-state index in [-0.39, 0.29) is 5.41 Å². The van der Waals surface area contributed by atoms with Crippen LogP contribution in [0.1, 0.15) is 26.3 Å². The quantitative estimate of drug-likeness (QED) is 0.283. The predicted molar refractivity (Wildman–Crippen MR) is 128 cm³/mol. The van der Waals surface area contributed by atoms with Crippen molar-refractivity contribution in [2.24, 2.45) is 0 Å². The van der Waals surface area contributed by atoms with Crippen LogP contribution in [0.2, 0.25) is 0 Å². The Morgan fingerprint density at radius 1 is 0.710 bits per heavy atom. The number of hydrogen-bond acceptors (Lipinski definition) is 3. The van der Waals surface area contributed by atoms with Gasteiger partial charge in [0.2, 0.25) is 5.71 Å². The number of benzene rings is 4. The summed E-state index contributed by atoms with van der Waals surface area (Å²) in [5.74, 6) is 0. The third-order valence-corrected chi connectivity index (χ3v) is 6.10. The first kappa shape index (κ1) is 18.1. The summed E-state index contributed by atoms with van der Waals surface area (Å²) in [5.41, 5.74) is 4.79. The Morgan fingerprint density at radius 2 is 1.45 bits per heavy atom. The van der Waals surface area contributed by atoms with Gasteiger partial charge in [0.1, 0.15) is 11.9 Å². The van der Waals surface area contributed by atoms with Gasteiger partial charge in [-0.1, -0.05) is 75.4 Å². The molecule has 0 radical (unpaired) electrons. The van der Waals surface area contributed by atoms with Crippen LogP contribution in [0.4, 0.5) is 0 Å². The lowest BCUT2D eigenvalue weighted by atomic mass is 9.82. The maximum atomic E-state index is 6.16. The molecule has 3 nitrogen and oxygen atoms in total. The average Bonchev–Trinajstić information content (AvgIpc) is 3.17. The molecule has 0 N–H and O–H groups in total. The Labute approximate surface area is 180 Å². The fraction of sp³-hybridized carbons (Fsp3) is 0.143. The maximum Gasteiger partial charge on any atom is 0.231 e. The normalized spacial score (nSPS) is 12.4. The summed E-state index contributed by atoms with van der Waals surface area (Å²) >= 11 is 0. The lowest BCUT2D eigenvalue weighted by molar-refractivity contribution is 0.596. The first-order valence-corrected chi connectivity index (χ1v) is 10.6. The van der Waals surface area contributed by atoms with E-state index in [0.717, 1.165) is 33.0 Å². The van der Waals surface area contributed by atoms with Gasteiger partial charge in [-0.25, -0.2) is 9.97 Å². The number of furan rings is 1. The summed E-state index contributed by atoms with van der Waals surface area (Å²) in [5, 5.41) is 6.90. The molecule has 6 rings (SSSR count). The summed E-state index contributed by atoms with van der Waals surface area (Å²) in [4.78, 5) is 9.23. The van der Waals surface area contributed by atoms with E-state index in [2.05, 4.69) is 92.5 Å². The Kier molecular flexibility index (Phi) is 3.73. The Morgan fingerprint density at radius 3 is 2.26 bits per heavy atom. The Hall–Kier alpha value is -3.72. The van der Waals surface area contributed by atoms with Crippen LogP contribution in [0.15, 0.2) is 83.5 Å². The minimum atomic E-state index is 0.00687. The van der Waals surface area contributed by atoms with Gasteiger partial charge < -0.3 is 4.42 Å². The molecule has 2 aromatic heterocycles. The molecule has 2 heterocycles. The van der Waals surface area contributed by atoms with E-state index in [1.54, 1.807) is 6.33 Å². The molecule has 6 aromatic rings. The standard InChI is InChI=1S/C28H22N2O/c1-28(2,3)22-15-19(14-18-9-5-6-10-20(18)22)26-25-24-21-11-7-4-8-17(21)12-13-23(24)31-27(25)30-16-29-26/h4-16H,1-3H3. The van der Waals surface area contributed by atoms with Crippen molar-refractivity contribution >= 4 is 43.6 Å². The third-order valence-electron chi connectivity index (χ3n) is 6.10. The fourth-order valence-corrected chi connectivity index (χ4v) is 4.66. The van der Waals surface area contributed by atoms with E-state index in [1.807, 2.05) is 6.07 Å². The van der Waals surface area contributed by atoms with Crippen molar-refractivity contribution in [3.05, 3.63) is 84.7 Å². The number of aromatic nitrogens is 2. The van der Waals surface area contributed by atoms with Crippen molar-refractivity contribution in [2.45, 2.75) is 26.2 Å². The van der Waals surface area contributed by atoms with Gasteiger partial charge in [-0.15, -0.1) is 0 Å². The van der Waals surface area contributed by atoms with E-state index in [9.17, 15) is 0 Å². The molecule has 150 valence electrons. The molecular formula is C28H22N2O. The Balaban J connectivity index is 1.77. The molecular weight excluding hydrogens is 380 g/mol. The molecule has 0 amide bonds. The molecule has 0 aliphatic carbocycles. The van der Waals surface area contributed by atoms with Crippen molar-refractivity contribution < 1.29 is 4.42 Å². The van der Waals surface area contributed by atoms with E-state index in [1.165, 1.54) is 21.7 Å². The van der Waals surface area contributed by atoms with Crippen molar-refractivity contribution in [3.8, 4) is 11.3 Å². The molecule has 0 fully saturated rings. The van der Waals surface area contributed by atoms with Crippen LogP contribution in [0, 0.1) is 0 Å². The molecule has 4 aromatic carbocycles. The van der Waals surface area contributed by atoms with Gasteiger partial charge in [-0.3, -0.25) is 0 Å². The van der Waals surface area contributed by atoms with Crippen LogP contribution < -0.4 is 0 Å². The van der Waals surface area contributed by atoms with Crippen molar-refractivity contribution in [2.75, 3.05) is 0 Å². The van der Waals surface area contributed by atoms with Crippen molar-refractivity contribution in [1.82, 2.24) is 9.97 Å². The van der Waals surface area contributed by atoms with Gasteiger partial charge in [0.25, 0.3) is 0 Å². The minimum Gasteiger partial charge on any atom is -0.438 e. The van der Waals surface area contributed by atoms with Crippen molar-refractivity contribution in [1.29, 1.82) is 0 Å². The average molecular weight is 402 g/mol. The number of hydrogen-bond donors (Lipinski definition) is 0. The molecule has 0 aliphatic heterocycles. The van der Waals surface area contributed by atoms with E-state index < -0.39 is 0 Å². The first-order chi connectivity index (χ1) is 15.0. The lowest BCUT2D eigenvalue weighted by Crippen LogP contribution is -2.12. The van der Waals surface area contributed by atoms with Gasteiger partial charge in [-0.2, -0.15) is 0 Å². The highest BCUT2D eigenvalue weighted by molar-refractivity contribution is 6.21. The first-order valence-electron chi connectivity index (χ1n) is 10.6. The highest BCUT2D eigenvalue weighted by Gasteiger charge is 2.21.